The summed E-state index contributed by atoms with van der Waals surface area (Å²) in [5, 5.41) is 0. The van der Waals surface area contributed by atoms with Crippen molar-refractivity contribution in [2.24, 2.45) is 11.8 Å². The van der Waals surface area contributed by atoms with Crippen LogP contribution in [0.1, 0.15) is 50.5 Å². The molecule has 118 valence electrons. The van der Waals surface area contributed by atoms with Crippen LogP contribution in [0.25, 0.3) is 0 Å². The van der Waals surface area contributed by atoms with Crippen molar-refractivity contribution in [3.8, 4) is 0 Å². The van der Waals surface area contributed by atoms with Crippen LogP contribution in [0, 0.1) is 11.8 Å². The lowest BCUT2D eigenvalue weighted by Gasteiger charge is -2.35. The van der Waals surface area contributed by atoms with Crippen molar-refractivity contribution >= 4 is 10.2 Å². The van der Waals surface area contributed by atoms with Gasteiger partial charge in [-0.15, -0.1) is 0 Å². The van der Waals surface area contributed by atoms with Gasteiger partial charge in [-0.25, -0.2) is 0 Å². The monoisotopic (exact) mass is 312 g/mol. The maximum Gasteiger partial charge on any atom is 0.280 e. The van der Waals surface area contributed by atoms with Crippen LogP contribution in [0.4, 0.5) is 0 Å². The maximum atomic E-state index is 12.7. The lowest BCUT2D eigenvalue weighted by atomic mass is 9.94. The molecule has 3 rings (SSSR count). The van der Waals surface area contributed by atoms with Gasteiger partial charge < -0.3 is 4.42 Å². The second kappa shape index (κ2) is 5.74. The van der Waals surface area contributed by atoms with Crippen molar-refractivity contribution in [2.45, 2.75) is 45.6 Å². The average Bonchev–Trinajstić information content (AvgIpc) is 2.86. The van der Waals surface area contributed by atoms with E-state index in [4.69, 9.17) is 4.42 Å². The molecule has 1 saturated heterocycles. The molecular weight excluding hydrogens is 288 g/mol. The number of furan rings is 1. The summed E-state index contributed by atoms with van der Waals surface area (Å²) in [4.78, 5) is 0. The molecule has 1 aromatic rings. The lowest BCUT2D eigenvalue weighted by Crippen LogP contribution is -2.48. The number of fused-ring (bicyclic) bond motifs is 1. The van der Waals surface area contributed by atoms with Crippen LogP contribution in [-0.2, 0) is 16.6 Å². The molecule has 6 heteroatoms. The Labute approximate surface area is 126 Å². The number of aryl methyl sites for hydroxylation is 1. The fourth-order valence-electron chi connectivity index (χ4n) is 3.67. The fourth-order valence-corrected chi connectivity index (χ4v) is 5.32. The van der Waals surface area contributed by atoms with Crippen LogP contribution in [0.15, 0.2) is 16.7 Å². The van der Waals surface area contributed by atoms with Crippen molar-refractivity contribution < 1.29 is 12.8 Å². The molecule has 5 nitrogen and oxygen atoms in total. The summed E-state index contributed by atoms with van der Waals surface area (Å²) in [5.74, 6) is 1.76. The van der Waals surface area contributed by atoms with Gasteiger partial charge >= 0.3 is 0 Å². The number of hydrogen-bond donors (Lipinski definition) is 1. The van der Waals surface area contributed by atoms with Crippen LogP contribution in [0.3, 0.4) is 0 Å². The van der Waals surface area contributed by atoms with Crippen LogP contribution < -0.4 is 4.72 Å². The average molecular weight is 312 g/mol. The summed E-state index contributed by atoms with van der Waals surface area (Å²) in [5.41, 5.74) is 1.00. The highest BCUT2D eigenvalue weighted by atomic mass is 32.2. The zero-order valence-corrected chi connectivity index (χ0v) is 13.5. The first-order valence-electron chi connectivity index (χ1n) is 7.79. The Bertz CT molecular complexity index is 586. The third-order valence-corrected chi connectivity index (χ3v) is 6.08. The first-order chi connectivity index (χ1) is 9.95. The zero-order valence-electron chi connectivity index (χ0n) is 12.7. The Morgan fingerprint density at radius 3 is 2.71 bits per heavy atom. The van der Waals surface area contributed by atoms with Crippen molar-refractivity contribution in [3.63, 3.8) is 0 Å². The predicted molar refractivity (Wildman–Crippen MR) is 81.0 cm³/mol. The molecule has 0 spiro atoms. The Balaban J connectivity index is 1.75. The van der Waals surface area contributed by atoms with Gasteiger partial charge in [0.15, 0.2) is 0 Å². The first kappa shape index (κ1) is 15.1. The van der Waals surface area contributed by atoms with E-state index >= 15 is 0 Å². The van der Waals surface area contributed by atoms with Gasteiger partial charge in [0.25, 0.3) is 10.2 Å². The van der Waals surface area contributed by atoms with E-state index in [1.807, 2.05) is 6.07 Å². The molecule has 3 atom stereocenters. The predicted octanol–water partition coefficient (Wildman–Crippen LogP) is 2.47. The van der Waals surface area contributed by atoms with E-state index in [2.05, 4.69) is 18.6 Å². The molecule has 0 amide bonds. The highest BCUT2D eigenvalue weighted by Crippen LogP contribution is 2.32. The number of nitrogens with zero attached hydrogens (tertiary/aromatic N) is 1. The van der Waals surface area contributed by atoms with E-state index < -0.39 is 10.2 Å². The van der Waals surface area contributed by atoms with E-state index in [-0.39, 0.29) is 6.04 Å². The zero-order chi connectivity index (χ0) is 15.0. The van der Waals surface area contributed by atoms with E-state index in [1.165, 1.54) is 0 Å². The minimum atomic E-state index is -3.43. The summed E-state index contributed by atoms with van der Waals surface area (Å²) in [6, 6.07) is 1.74. The molecule has 1 fully saturated rings. The van der Waals surface area contributed by atoms with Crippen molar-refractivity contribution in [1.82, 2.24) is 9.03 Å². The van der Waals surface area contributed by atoms with Gasteiger partial charge in [-0.1, -0.05) is 13.8 Å². The molecule has 0 saturated carbocycles. The molecule has 1 N–H and O–H groups in total. The number of hydrogen-bond acceptors (Lipinski definition) is 3. The number of piperidine rings is 1. The standard InChI is InChI=1S/C15H24N2O3S/c1-11-8-12(2)10-17(9-11)21(18,19)16-14-4-3-5-15-13(14)6-7-20-15/h6-7,11-12,14,16H,3-5,8-10H2,1-2H3. The third-order valence-electron chi connectivity index (χ3n) is 4.52. The smallest absolute Gasteiger partial charge is 0.280 e. The van der Waals surface area contributed by atoms with Gasteiger partial charge in [-0.2, -0.15) is 17.4 Å². The molecule has 21 heavy (non-hydrogen) atoms. The van der Waals surface area contributed by atoms with Crippen LogP contribution >= 0.6 is 0 Å². The largest absolute Gasteiger partial charge is 0.469 e. The Morgan fingerprint density at radius 1 is 1.29 bits per heavy atom. The molecule has 1 aliphatic carbocycles. The molecular formula is C15H24N2O3S. The minimum Gasteiger partial charge on any atom is -0.469 e. The third kappa shape index (κ3) is 3.17. The second-order valence-corrected chi connectivity index (χ2v) is 8.33. The van der Waals surface area contributed by atoms with Crippen molar-refractivity contribution in [2.75, 3.05) is 13.1 Å². The SMILES string of the molecule is CC1CC(C)CN(S(=O)(=O)NC2CCCc3occc32)C1. The second-order valence-electron chi connectivity index (χ2n) is 6.63. The van der Waals surface area contributed by atoms with Gasteiger partial charge in [0.05, 0.1) is 12.3 Å². The normalized spacial score (nSPS) is 31.0. The summed E-state index contributed by atoms with van der Waals surface area (Å²) in [6.07, 6.45) is 5.45. The Kier molecular flexibility index (Phi) is 4.12. The Hall–Kier alpha value is -0.850. The van der Waals surface area contributed by atoms with Crippen LogP contribution in [0.5, 0.6) is 0 Å². The molecule has 2 heterocycles. The molecule has 0 bridgehead atoms. The summed E-state index contributed by atoms with van der Waals surface area (Å²) < 4.78 is 35.3. The topological polar surface area (TPSA) is 62.6 Å². The van der Waals surface area contributed by atoms with Crippen LogP contribution in [-0.4, -0.2) is 25.8 Å². The van der Waals surface area contributed by atoms with Crippen molar-refractivity contribution in [1.29, 1.82) is 0 Å². The fraction of sp³-hybridized carbons (Fsp3) is 0.733. The number of rotatable bonds is 3. The molecule has 1 aliphatic heterocycles. The lowest BCUT2D eigenvalue weighted by molar-refractivity contribution is 0.219. The minimum absolute atomic E-state index is 0.148. The van der Waals surface area contributed by atoms with Gasteiger partial charge in [0, 0.05) is 25.1 Å². The Morgan fingerprint density at radius 2 is 2.00 bits per heavy atom. The molecule has 3 unspecified atom stereocenters. The van der Waals surface area contributed by atoms with E-state index in [9.17, 15) is 8.42 Å². The highest BCUT2D eigenvalue weighted by molar-refractivity contribution is 7.87. The molecule has 1 aromatic heterocycles. The van der Waals surface area contributed by atoms with Gasteiger partial charge in [-0.05, 0) is 37.2 Å². The van der Waals surface area contributed by atoms with Gasteiger partial charge in [0.1, 0.15) is 5.76 Å². The maximum absolute atomic E-state index is 12.7. The summed E-state index contributed by atoms with van der Waals surface area (Å²) in [7, 11) is -3.43. The number of nitrogens with one attached hydrogen (secondary N) is 1. The molecule has 0 aromatic carbocycles. The quantitative estimate of drug-likeness (QED) is 0.932. The molecule has 0 radical (unpaired) electrons. The first-order valence-corrected chi connectivity index (χ1v) is 9.23. The van der Waals surface area contributed by atoms with E-state index in [0.717, 1.165) is 37.0 Å². The summed E-state index contributed by atoms with van der Waals surface area (Å²) in [6.45, 7) is 5.47. The highest BCUT2D eigenvalue weighted by Gasteiger charge is 2.33. The van der Waals surface area contributed by atoms with Gasteiger partial charge in [0.2, 0.25) is 0 Å². The van der Waals surface area contributed by atoms with Crippen molar-refractivity contribution in [3.05, 3.63) is 23.7 Å². The van der Waals surface area contributed by atoms with E-state index in [1.54, 1.807) is 10.6 Å². The van der Waals surface area contributed by atoms with Gasteiger partial charge in [-0.3, -0.25) is 0 Å². The van der Waals surface area contributed by atoms with E-state index in [0.29, 0.717) is 24.9 Å². The van der Waals surface area contributed by atoms with Crippen LogP contribution in [0.2, 0.25) is 0 Å². The molecule has 2 aliphatic rings. The summed E-state index contributed by atoms with van der Waals surface area (Å²) >= 11 is 0.